The first-order valence-electron chi connectivity index (χ1n) is 5.65. The summed E-state index contributed by atoms with van der Waals surface area (Å²) >= 11 is 6.18. The van der Waals surface area contributed by atoms with Gasteiger partial charge in [0.25, 0.3) is 0 Å². The highest BCUT2D eigenvalue weighted by Crippen LogP contribution is 2.31. The number of ketones is 1. The molecular formula is C14H15ClO2. The smallest absolute Gasteiger partial charge is 0.200 e. The molecule has 1 aromatic carbocycles. The summed E-state index contributed by atoms with van der Waals surface area (Å²) in [6.45, 7) is 7.60. The van der Waals surface area contributed by atoms with Crippen LogP contribution < -0.4 is 0 Å². The minimum absolute atomic E-state index is 0.0226. The number of benzene rings is 1. The number of furan rings is 1. The van der Waals surface area contributed by atoms with E-state index in [-0.39, 0.29) is 11.7 Å². The number of halogens is 1. The Hall–Kier alpha value is -1.28. The first kappa shape index (κ1) is 12.2. The van der Waals surface area contributed by atoms with Gasteiger partial charge >= 0.3 is 0 Å². The largest absolute Gasteiger partial charge is 0.453 e. The van der Waals surface area contributed by atoms with Gasteiger partial charge in [-0.3, -0.25) is 4.79 Å². The summed E-state index contributed by atoms with van der Waals surface area (Å²) in [5.74, 6) is 0.376. The number of carbonyl (C=O) groups is 1. The molecule has 1 heterocycles. The third-order valence-electron chi connectivity index (χ3n) is 2.96. The van der Waals surface area contributed by atoms with Crippen molar-refractivity contribution in [2.45, 2.75) is 27.7 Å². The Morgan fingerprint density at radius 2 is 1.94 bits per heavy atom. The van der Waals surface area contributed by atoms with Gasteiger partial charge in [-0.05, 0) is 37.1 Å². The number of fused-ring (bicyclic) bond motifs is 1. The van der Waals surface area contributed by atoms with E-state index in [1.54, 1.807) is 6.07 Å². The molecule has 0 N–H and O–H groups in total. The van der Waals surface area contributed by atoms with E-state index >= 15 is 0 Å². The molecule has 3 heteroatoms. The maximum atomic E-state index is 11.9. The minimum Gasteiger partial charge on any atom is -0.453 e. The van der Waals surface area contributed by atoms with Crippen LogP contribution in [0.15, 0.2) is 16.5 Å². The maximum Gasteiger partial charge on any atom is 0.200 e. The molecule has 0 bridgehead atoms. The SMILES string of the molecule is Cc1cc2oc(C(=O)C(C)C)cc2c(C)c1Cl. The summed E-state index contributed by atoms with van der Waals surface area (Å²) in [5.41, 5.74) is 2.66. The molecule has 0 spiro atoms. The molecule has 0 saturated carbocycles. The van der Waals surface area contributed by atoms with Gasteiger partial charge in [-0.15, -0.1) is 0 Å². The van der Waals surface area contributed by atoms with Crippen molar-refractivity contribution in [2.75, 3.05) is 0 Å². The molecule has 0 amide bonds. The van der Waals surface area contributed by atoms with Gasteiger partial charge in [-0.25, -0.2) is 0 Å². The van der Waals surface area contributed by atoms with Crippen molar-refractivity contribution in [3.63, 3.8) is 0 Å². The lowest BCUT2D eigenvalue weighted by Gasteiger charge is -2.02. The van der Waals surface area contributed by atoms with Crippen LogP contribution in [0.4, 0.5) is 0 Å². The van der Waals surface area contributed by atoms with Gasteiger partial charge in [0.05, 0.1) is 0 Å². The van der Waals surface area contributed by atoms with E-state index in [1.807, 2.05) is 33.8 Å². The van der Waals surface area contributed by atoms with Gasteiger partial charge in [0.1, 0.15) is 5.58 Å². The van der Waals surface area contributed by atoms with Crippen LogP contribution in [0.1, 0.15) is 35.5 Å². The molecule has 0 aliphatic heterocycles. The molecule has 2 aromatic rings. The molecule has 0 aliphatic rings. The zero-order valence-corrected chi connectivity index (χ0v) is 11.2. The number of aryl methyl sites for hydroxylation is 2. The van der Waals surface area contributed by atoms with Crippen molar-refractivity contribution in [1.82, 2.24) is 0 Å². The van der Waals surface area contributed by atoms with Gasteiger partial charge in [0, 0.05) is 16.3 Å². The predicted octanol–water partition coefficient (Wildman–Crippen LogP) is 4.54. The second-order valence-electron chi connectivity index (χ2n) is 4.67. The fourth-order valence-electron chi connectivity index (χ4n) is 1.89. The Balaban J connectivity index is 2.66. The first-order valence-corrected chi connectivity index (χ1v) is 6.03. The van der Waals surface area contributed by atoms with Crippen LogP contribution in [0, 0.1) is 19.8 Å². The van der Waals surface area contributed by atoms with E-state index < -0.39 is 0 Å². The third-order valence-corrected chi connectivity index (χ3v) is 3.54. The molecule has 0 aliphatic carbocycles. The number of hydrogen-bond donors (Lipinski definition) is 0. The Morgan fingerprint density at radius 3 is 2.53 bits per heavy atom. The van der Waals surface area contributed by atoms with E-state index in [9.17, 15) is 4.79 Å². The predicted molar refractivity (Wildman–Crippen MR) is 69.9 cm³/mol. The zero-order valence-electron chi connectivity index (χ0n) is 10.4. The van der Waals surface area contributed by atoms with Crippen LogP contribution in [0.5, 0.6) is 0 Å². The summed E-state index contributed by atoms with van der Waals surface area (Å²) in [6, 6.07) is 3.67. The molecule has 0 fully saturated rings. The number of rotatable bonds is 2. The topological polar surface area (TPSA) is 30.2 Å². The van der Waals surface area contributed by atoms with E-state index in [0.717, 1.165) is 27.1 Å². The van der Waals surface area contributed by atoms with Crippen LogP contribution in [0.2, 0.25) is 5.02 Å². The van der Waals surface area contributed by atoms with Crippen LogP contribution in [0.3, 0.4) is 0 Å². The van der Waals surface area contributed by atoms with Crippen molar-refractivity contribution >= 4 is 28.4 Å². The summed E-state index contributed by atoms with van der Waals surface area (Å²) in [5, 5.41) is 1.66. The Labute approximate surface area is 106 Å². The highest BCUT2D eigenvalue weighted by atomic mass is 35.5. The molecule has 0 unspecified atom stereocenters. The Morgan fingerprint density at radius 1 is 1.29 bits per heavy atom. The second-order valence-corrected chi connectivity index (χ2v) is 5.05. The third kappa shape index (κ3) is 1.98. The summed E-state index contributed by atoms with van der Waals surface area (Å²) in [6.07, 6.45) is 0. The zero-order chi connectivity index (χ0) is 12.7. The fourth-order valence-corrected chi connectivity index (χ4v) is 2.04. The van der Waals surface area contributed by atoms with E-state index in [0.29, 0.717) is 5.76 Å². The van der Waals surface area contributed by atoms with Crippen LogP contribution in [0.25, 0.3) is 11.0 Å². The number of carbonyl (C=O) groups excluding carboxylic acids is 1. The van der Waals surface area contributed by atoms with Crippen LogP contribution >= 0.6 is 11.6 Å². The quantitative estimate of drug-likeness (QED) is 0.733. The number of hydrogen-bond acceptors (Lipinski definition) is 2. The van der Waals surface area contributed by atoms with Gasteiger partial charge < -0.3 is 4.42 Å². The average Bonchev–Trinajstić information content (AvgIpc) is 2.68. The molecule has 0 radical (unpaired) electrons. The summed E-state index contributed by atoms with van der Waals surface area (Å²) < 4.78 is 5.60. The molecule has 90 valence electrons. The molecular weight excluding hydrogens is 236 g/mol. The normalized spacial score (nSPS) is 11.4. The van der Waals surface area contributed by atoms with Crippen LogP contribution in [-0.4, -0.2) is 5.78 Å². The lowest BCUT2D eigenvalue weighted by molar-refractivity contribution is 0.0913. The van der Waals surface area contributed by atoms with E-state index in [2.05, 4.69) is 0 Å². The molecule has 1 aromatic heterocycles. The van der Waals surface area contributed by atoms with Crippen molar-refractivity contribution in [3.8, 4) is 0 Å². The number of Topliss-reactive ketones (excluding diaryl/α,β-unsaturated/α-hetero) is 1. The highest BCUT2D eigenvalue weighted by molar-refractivity contribution is 6.33. The van der Waals surface area contributed by atoms with Gasteiger partial charge in [-0.2, -0.15) is 0 Å². The van der Waals surface area contributed by atoms with E-state index in [4.69, 9.17) is 16.0 Å². The molecule has 2 nitrogen and oxygen atoms in total. The summed E-state index contributed by atoms with van der Waals surface area (Å²) in [4.78, 5) is 11.9. The first-order chi connectivity index (χ1) is 7.91. The van der Waals surface area contributed by atoms with Crippen molar-refractivity contribution < 1.29 is 9.21 Å². The highest BCUT2D eigenvalue weighted by Gasteiger charge is 2.17. The molecule has 0 saturated heterocycles. The van der Waals surface area contributed by atoms with Gasteiger partial charge in [0.15, 0.2) is 5.76 Å². The summed E-state index contributed by atoms with van der Waals surface area (Å²) in [7, 11) is 0. The minimum atomic E-state index is -0.0626. The van der Waals surface area contributed by atoms with Crippen molar-refractivity contribution in [1.29, 1.82) is 0 Å². The fraction of sp³-hybridized carbons (Fsp3) is 0.357. The monoisotopic (exact) mass is 250 g/mol. The molecule has 0 atom stereocenters. The Bertz CT molecular complexity index is 594. The average molecular weight is 251 g/mol. The van der Waals surface area contributed by atoms with Crippen molar-refractivity contribution in [2.24, 2.45) is 5.92 Å². The molecule has 2 rings (SSSR count). The van der Waals surface area contributed by atoms with Crippen LogP contribution in [-0.2, 0) is 0 Å². The van der Waals surface area contributed by atoms with Crippen molar-refractivity contribution in [3.05, 3.63) is 34.0 Å². The Kier molecular flexibility index (Phi) is 3.00. The van der Waals surface area contributed by atoms with E-state index in [1.165, 1.54) is 0 Å². The second kappa shape index (κ2) is 4.19. The van der Waals surface area contributed by atoms with Gasteiger partial charge in [0.2, 0.25) is 5.78 Å². The van der Waals surface area contributed by atoms with Gasteiger partial charge in [-0.1, -0.05) is 25.4 Å². The molecule has 17 heavy (non-hydrogen) atoms. The standard InChI is InChI=1S/C14H15ClO2/c1-7(2)14(16)12-6-10-9(4)13(15)8(3)5-11(10)17-12/h5-7H,1-4H3. The maximum absolute atomic E-state index is 11.9. The lowest BCUT2D eigenvalue weighted by atomic mass is 10.1. The lowest BCUT2D eigenvalue weighted by Crippen LogP contribution is -2.05.